The molecule has 76 valence electrons. The SMILES string of the molecule is CC(C1=CCCC1)=C(C)C1=CCCC1. The minimum Gasteiger partial charge on any atom is -0.0810 e. The number of hydrogen-bond acceptors (Lipinski definition) is 0. The largest absolute Gasteiger partial charge is 0.0810 e. The van der Waals surface area contributed by atoms with Crippen molar-refractivity contribution < 1.29 is 0 Å². The monoisotopic (exact) mass is 188 g/mol. The Hall–Kier alpha value is -0.780. The average molecular weight is 188 g/mol. The Labute approximate surface area is 87.4 Å². The molecule has 0 saturated carbocycles. The second-order valence-electron chi connectivity index (χ2n) is 4.49. The second kappa shape index (κ2) is 4.16. The van der Waals surface area contributed by atoms with Gasteiger partial charge in [-0.05, 0) is 74.7 Å². The summed E-state index contributed by atoms with van der Waals surface area (Å²) < 4.78 is 0. The van der Waals surface area contributed by atoms with Crippen LogP contribution < -0.4 is 0 Å². The van der Waals surface area contributed by atoms with Crippen molar-refractivity contribution in [1.29, 1.82) is 0 Å². The van der Waals surface area contributed by atoms with Crippen molar-refractivity contribution in [3.05, 3.63) is 34.4 Å². The van der Waals surface area contributed by atoms with Gasteiger partial charge in [0.05, 0.1) is 0 Å². The first-order chi connectivity index (χ1) is 6.79. The van der Waals surface area contributed by atoms with Crippen molar-refractivity contribution >= 4 is 0 Å². The Balaban J connectivity index is 2.20. The van der Waals surface area contributed by atoms with Gasteiger partial charge in [-0.3, -0.25) is 0 Å². The van der Waals surface area contributed by atoms with Crippen molar-refractivity contribution in [3.63, 3.8) is 0 Å². The summed E-state index contributed by atoms with van der Waals surface area (Å²) in [5.41, 5.74) is 6.32. The van der Waals surface area contributed by atoms with E-state index in [-0.39, 0.29) is 0 Å². The molecule has 0 aromatic heterocycles. The zero-order valence-electron chi connectivity index (χ0n) is 9.40. The molecule has 0 heteroatoms. The number of hydrogen-bond donors (Lipinski definition) is 0. The number of allylic oxidation sites excluding steroid dienone is 6. The van der Waals surface area contributed by atoms with Crippen LogP contribution in [0.3, 0.4) is 0 Å². The van der Waals surface area contributed by atoms with Crippen LogP contribution in [-0.4, -0.2) is 0 Å². The second-order valence-corrected chi connectivity index (χ2v) is 4.49. The summed E-state index contributed by atoms with van der Waals surface area (Å²) in [5.74, 6) is 0. The summed E-state index contributed by atoms with van der Waals surface area (Å²) >= 11 is 0. The highest BCUT2D eigenvalue weighted by Crippen LogP contribution is 2.32. The molecular formula is C14H20. The van der Waals surface area contributed by atoms with Gasteiger partial charge in [0.25, 0.3) is 0 Å². The fourth-order valence-corrected chi connectivity index (χ4v) is 2.50. The van der Waals surface area contributed by atoms with Gasteiger partial charge in [-0.25, -0.2) is 0 Å². The molecule has 0 saturated heterocycles. The fraction of sp³-hybridized carbons (Fsp3) is 0.571. The molecule has 0 bridgehead atoms. The smallest absolute Gasteiger partial charge is 0.0276 e. The lowest BCUT2D eigenvalue weighted by atomic mass is 9.96. The van der Waals surface area contributed by atoms with Crippen LogP contribution >= 0.6 is 0 Å². The van der Waals surface area contributed by atoms with E-state index in [1.165, 1.54) is 38.5 Å². The molecule has 14 heavy (non-hydrogen) atoms. The zero-order chi connectivity index (χ0) is 9.97. The Kier molecular flexibility index (Phi) is 2.90. The molecule has 0 aliphatic heterocycles. The van der Waals surface area contributed by atoms with Gasteiger partial charge >= 0.3 is 0 Å². The maximum Gasteiger partial charge on any atom is -0.0276 e. The van der Waals surface area contributed by atoms with Gasteiger partial charge in [0.1, 0.15) is 0 Å². The van der Waals surface area contributed by atoms with E-state index in [1.54, 1.807) is 22.3 Å². The van der Waals surface area contributed by atoms with Crippen molar-refractivity contribution in [2.75, 3.05) is 0 Å². The highest BCUT2D eigenvalue weighted by atomic mass is 14.2. The molecule has 0 nitrogen and oxygen atoms in total. The molecule has 0 radical (unpaired) electrons. The molecule has 0 atom stereocenters. The molecule has 0 amide bonds. The Morgan fingerprint density at radius 2 is 1.29 bits per heavy atom. The van der Waals surface area contributed by atoms with Gasteiger partial charge in [-0.1, -0.05) is 12.2 Å². The van der Waals surface area contributed by atoms with Crippen LogP contribution in [0.15, 0.2) is 34.4 Å². The third kappa shape index (κ3) is 1.84. The highest BCUT2D eigenvalue weighted by molar-refractivity contribution is 5.44. The van der Waals surface area contributed by atoms with Gasteiger partial charge in [0.15, 0.2) is 0 Å². The first kappa shape index (κ1) is 9.76. The minimum atomic E-state index is 1.29. The van der Waals surface area contributed by atoms with E-state index in [1.807, 2.05) is 0 Å². The summed E-state index contributed by atoms with van der Waals surface area (Å²) in [6.07, 6.45) is 12.8. The van der Waals surface area contributed by atoms with Crippen LogP contribution in [0.1, 0.15) is 52.4 Å². The third-order valence-electron chi connectivity index (χ3n) is 3.61. The Morgan fingerprint density at radius 1 is 0.857 bits per heavy atom. The van der Waals surface area contributed by atoms with Gasteiger partial charge in [0, 0.05) is 0 Å². The maximum atomic E-state index is 2.42. The van der Waals surface area contributed by atoms with Crippen LogP contribution in [0, 0.1) is 0 Å². The maximum absolute atomic E-state index is 2.42. The molecule has 0 fully saturated rings. The predicted octanol–water partition coefficient (Wildman–Crippen LogP) is 4.54. The molecule has 0 heterocycles. The lowest BCUT2D eigenvalue weighted by molar-refractivity contribution is 0.897. The molecule has 2 aliphatic carbocycles. The van der Waals surface area contributed by atoms with E-state index in [9.17, 15) is 0 Å². The van der Waals surface area contributed by atoms with Crippen LogP contribution in [0.25, 0.3) is 0 Å². The molecule has 0 N–H and O–H groups in total. The van der Waals surface area contributed by atoms with E-state index in [2.05, 4.69) is 26.0 Å². The lowest BCUT2D eigenvalue weighted by Gasteiger charge is -2.10. The van der Waals surface area contributed by atoms with Crippen molar-refractivity contribution in [3.8, 4) is 0 Å². The highest BCUT2D eigenvalue weighted by Gasteiger charge is 2.12. The third-order valence-corrected chi connectivity index (χ3v) is 3.61. The fourth-order valence-electron chi connectivity index (χ4n) is 2.50. The summed E-state index contributed by atoms with van der Waals surface area (Å²) in [6.45, 7) is 4.59. The van der Waals surface area contributed by atoms with Crippen molar-refractivity contribution in [2.24, 2.45) is 0 Å². The lowest BCUT2D eigenvalue weighted by Crippen LogP contribution is -1.90. The molecule has 0 spiro atoms. The van der Waals surface area contributed by atoms with E-state index in [0.717, 1.165) is 0 Å². The van der Waals surface area contributed by atoms with E-state index in [4.69, 9.17) is 0 Å². The van der Waals surface area contributed by atoms with E-state index >= 15 is 0 Å². The summed E-state index contributed by atoms with van der Waals surface area (Å²) in [6, 6.07) is 0. The normalized spacial score (nSPS) is 23.3. The molecule has 0 aromatic carbocycles. The summed E-state index contributed by atoms with van der Waals surface area (Å²) in [5, 5.41) is 0. The van der Waals surface area contributed by atoms with Crippen LogP contribution in [0.5, 0.6) is 0 Å². The summed E-state index contributed by atoms with van der Waals surface area (Å²) in [7, 11) is 0. The standard InChI is InChI=1S/C14H20/c1-11(13-7-3-4-8-13)12(2)14-9-5-6-10-14/h7,9H,3-6,8,10H2,1-2H3. The Bertz CT molecular complexity index is 281. The minimum absolute atomic E-state index is 1.29. The first-order valence-corrected chi connectivity index (χ1v) is 5.85. The van der Waals surface area contributed by atoms with Gasteiger partial charge < -0.3 is 0 Å². The van der Waals surface area contributed by atoms with E-state index in [0.29, 0.717) is 0 Å². The predicted molar refractivity (Wildman–Crippen MR) is 62.2 cm³/mol. The molecule has 0 aromatic rings. The van der Waals surface area contributed by atoms with Crippen LogP contribution in [0.2, 0.25) is 0 Å². The quantitative estimate of drug-likeness (QED) is 0.596. The Morgan fingerprint density at radius 3 is 1.57 bits per heavy atom. The first-order valence-electron chi connectivity index (χ1n) is 5.85. The molecular weight excluding hydrogens is 168 g/mol. The van der Waals surface area contributed by atoms with Crippen molar-refractivity contribution in [1.82, 2.24) is 0 Å². The molecule has 0 unspecified atom stereocenters. The van der Waals surface area contributed by atoms with E-state index < -0.39 is 0 Å². The summed E-state index contributed by atoms with van der Waals surface area (Å²) in [4.78, 5) is 0. The topological polar surface area (TPSA) is 0 Å². The zero-order valence-corrected chi connectivity index (χ0v) is 9.40. The van der Waals surface area contributed by atoms with Gasteiger partial charge in [0.2, 0.25) is 0 Å². The average Bonchev–Trinajstić information content (AvgIpc) is 2.87. The molecule has 2 rings (SSSR count). The van der Waals surface area contributed by atoms with Gasteiger partial charge in [-0.2, -0.15) is 0 Å². The van der Waals surface area contributed by atoms with Crippen molar-refractivity contribution in [2.45, 2.75) is 52.4 Å². The number of rotatable bonds is 2. The van der Waals surface area contributed by atoms with Gasteiger partial charge in [-0.15, -0.1) is 0 Å². The molecule has 2 aliphatic rings. The van der Waals surface area contributed by atoms with Crippen LogP contribution in [0.4, 0.5) is 0 Å². The van der Waals surface area contributed by atoms with Crippen LogP contribution in [-0.2, 0) is 0 Å².